The van der Waals surface area contributed by atoms with E-state index < -0.39 is 16.6 Å². The number of hydrazine groups is 1. The largest absolute Gasteiger partial charge is 0.364 e. The third kappa shape index (κ3) is 2.87. The Kier molecular flexibility index (Phi) is 3.86. The number of nitrogens with one attached hydrogen (secondary N) is 3. The third-order valence-corrected chi connectivity index (χ3v) is 2.48. The van der Waals surface area contributed by atoms with Crippen LogP contribution in [0.1, 0.15) is 15.9 Å². The number of rotatable bonds is 5. The molecule has 0 aliphatic heterocycles. The summed E-state index contributed by atoms with van der Waals surface area (Å²) in [5, 5.41) is 19.6. The summed E-state index contributed by atoms with van der Waals surface area (Å²) in [5.74, 6) is 4.31. The Bertz CT molecular complexity index is 626. The van der Waals surface area contributed by atoms with Gasteiger partial charge in [0, 0.05) is 18.3 Å². The molecule has 0 aliphatic rings. The summed E-state index contributed by atoms with van der Waals surface area (Å²) >= 11 is 0. The van der Waals surface area contributed by atoms with E-state index in [0.717, 1.165) is 17.8 Å². The number of H-pyrrole nitrogens is 1. The molecule has 0 aliphatic carbocycles. The number of carbonyl (C=O) groups is 1. The van der Waals surface area contributed by atoms with Crippen LogP contribution >= 0.6 is 0 Å². The van der Waals surface area contributed by atoms with Gasteiger partial charge in [-0.25, -0.2) is 0 Å². The second-order valence-electron chi connectivity index (χ2n) is 3.78. The van der Waals surface area contributed by atoms with E-state index in [1.807, 2.05) is 0 Å². The number of nitrogen functional groups attached to an aromatic ring is 1. The van der Waals surface area contributed by atoms with Crippen molar-refractivity contribution in [2.24, 2.45) is 5.84 Å². The quantitative estimate of drug-likeness (QED) is 0.339. The van der Waals surface area contributed by atoms with Crippen LogP contribution in [0.15, 0.2) is 24.7 Å². The number of pyridine rings is 1. The van der Waals surface area contributed by atoms with E-state index in [1.165, 1.54) is 0 Å². The molecule has 0 radical (unpaired) electrons. The standard InChI is InChI=1S/C10H11N7O3/c11-16-8-5-12-9(17(19)20)1-7(8)10(18)13-2-6-3-14-15-4-6/h1,3-5,16H,2,11H2,(H,13,18)(H,14,15). The van der Waals surface area contributed by atoms with Crippen LogP contribution in [0.2, 0.25) is 0 Å². The minimum atomic E-state index is -0.687. The molecular formula is C10H11N7O3. The first-order valence-corrected chi connectivity index (χ1v) is 5.48. The smallest absolute Gasteiger partial charge is 0.358 e. The zero-order valence-corrected chi connectivity index (χ0v) is 10.2. The van der Waals surface area contributed by atoms with Gasteiger partial charge in [-0.3, -0.25) is 15.7 Å². The van der Waals surface area contributed by atoms with E-state index >= 15 is 0 Å². The maximum atomic E-state index is 12.0. The molecular weight excluding hydrogens is 266 g/mol. The average molecular weight is 277 g/mol. The Morgan fingerprint density at radius 1 is 1.50 bits per heavy atom. The minimum Gasteiger partial charge on any atom is -0.358 e. The van der Waals surface area contributed by atoms with Gasteiger partial charge in [0.1, 0.15) is 5.69 Å². The summed E-state index contributed by atoms with van der Waals surface area (Å²) < 4.78 is 0. The zero-order valence-electron chi connectivity index (χ0n) is 10.2. The van der Waals surface area contributed by atoms with Gasteiger partial charge in [-0.15, -0.1) is 0 Å². The fraction of sp³-hybridized carbons (Fsp3) is 0.100. The molecule has 0 bridgehead atoms. The molecule has 2 aromatic rings. The zero-order chi connectivity index (χ0) is 14.5. The van der Waals surface area contributed by atoms with Gasteiger partial charge in [0.2, 0.25) is 0 Å². The van der Waals surface area contributed by atoms with Gasteiger partial charge in [0.15, 0.2) is 6.20 Å². The van der Waals surface area contributed by atoms with Gasteiger partial charge in [0.25, 0.3) is 5.91 Å². The van der Waals surface area contributed by atoms with E-state index in [9.17, 15) is 14.9 Å². The molecule has 2 aromatic heterocycles. The fourth-order valence-electron chi connectivity index (χ4n) is 1.50. The summed E-state index contributed by atoms with van der Waals surface area (Å²) in [4.78, 5) is 25.6. The lowest BCUT2D eigenvalue weighted by Crippen LogP contribution is -2.25. The van der Waals surface area contributed by atoms with Gasteiger partial charge >= 0.3 is 5.82 Å². The van der Waals surface area contributed by atoms with Crippen molar-refractivity contribution in [3.05, 3.63) is 45.9 Å². The Balaban J connectivity index is 2.18. The molecule has 10 nitrogen and oxygen atoms in total. The summed E-state index contributed by atoms with van der Waals surface area (Å²) in [7, 11) is 0. The van der Waals surface area contributed by atoms with E-state index in [4.69, 9.17) is 5.84 Å². The van der Waals surface area contributed by atoms with Crippen LogP contribution in [0.5, 0.6) is 0 Å². The molecule has 104 valence electrons. The highest BCUT2D eigenvalue weighted by molar-refractivity contribution is 5.99. The summed E-state index contributed by atoms with van der Waals surface area (Å²) in [6, 6.07) is 1.06. The normalized spacial score (nSPS) is 10.1. The second kappa shape index (κ2) is 5.75. The van der Waals surface area contributed by atoms with E-state index in [0.29, 0.717) is 0 Å². The molecule has 0 saturated heterocycles. The van der Waals surface area contributed by atoms with Crippen molar-refractivity contribution in [3.63, 3.8) is 0 Å². The predicted octanol–water partition coefficient (Wildman–Crippen LogP) is -0.0715. The van der Waals surface area contributed by atoms with Gasteiger partial charge < -0.3 is 20.9 Å². The van der Waals surface area contributed by atoms with Crippen molar-refractivity contribution in [3.8, 4) is 0 Å². The SMILES string of the molecule is NNc1cnc([N+](=O)[O-])cc1C(=O)NCc1cn[nH]c1. The van der Waals surface area contributed by atoms with E-state index in [2.05, 4.69) is 25.9 Å². The highest BCUT2D eigenvalue weighted by Gasteiger charge is 2.18. The van der Waals surface area contributed by atoms with Gasteiger partial charge in [-0.05, 0) is 9.91 Å². The lowest BCUT2D eigenvalue weighted by molar-refractivity contribution is -0.389. The van der Waals surface area contributed by atoms with Crippen LogP contribution in [0.25, 0.3) is 0 Å². The van der Waals surface area contributed by atoms with E-state index in [1.54, 1.807) is 12.4 Å². The van der Waals surface area contributed by atoms with Crippen LogP contribution in [0.3, 0.4) is 0 Å². The molecule has 2 heterocycles. The number of nitro groups is 1. The first-order chi connectivity index (χ1) is 9.61. The van der Waals surface area contributed by atoms with Crippen LogP contribution in [-0.2, 0) is 6.54 Å². The predicted molar refractivity (Wildman–Crippen MR) is 68.5 cm³/mol. The summed E-state index contributed by atoms with van der Waals surface area (Å²) in [6.45, 7) is 0.232. The topological polar surface area (TPSA) is 152 Å². The first kappa shape index (κ1) is 13.4. The number of amides is 1. The number of carbonyl (C=O) groups excluding carboxylic acids is 1. The van der Waals surface area contributed by atoms with Crippen molar-refractivity contribution in [1.29, 1.82) is 0 Å². The molecule has 0 fully saturated rings. The number of hydrogen-bond donors (Lipinski definition) is 4. The summed E-state index contributed by atoms with van der Waals surface area (Å²) in [6.07, 6.45) is 4.31. The van der Waals surface area contributed by atoms with Gasteiger partial charge in [-0.2, -0.15) is 5.10 Å². The monoisotopic (exact) mass is 277 g/mol. The first-order valence-electron chi connectivity index (χ1n) is 5.48. The van der Waals surface area contributed by atoms with Crippen LogP contribution < -0.4 is 16.6 Å². The molecule has 0 atom stereocenters. The molecule has 0 saturated carbocycles. The Labute approximate surface area is 112 Å². The number of aromatic nitrogens is 3. The number of hydrogen-bond acceptors (Lipinski definition) is 7. The maximum absolute atomic E-state index is 12.0. The van der Waals surface area contributed by atoms with Crippen molar-refractivity contribution in [1.82, 2.24) is 20.5 Å². The lowest BCUT2D eigenvalue weighted by Gasteiger charge is -2.07. The van der Waals surface area contributed by atoms with Crippen LogP contribution in [-0.4, -0.2) is 26.0 Å². The number of anilines is 1. The van der Waals surface area contributed by atoms with Crippen molar-refractivity contribution >= 4 is 17.4 Å². The highest BCUT2D eigenvalue weighted by Crippen LogP contribution is 2.18. The number of nitrogens with two attached hydrogens (primary N) is 1. The highest BCUT2D eigenvalue weighted by atomic mass is 16.6. The van der Waals surface area contributed by atoms with Crippen molar-refractivity contribution in [2.45, 2.75) is 6.54 Å². The van der Waals surface area contributed by atoms with Crippen LogP contribution in [0.4, 0.5) is 11.5 Å². The Morgan fingerprint density at radius 2 is 2.30 bits per heavy atom. The van der Waals surface area contributed by atoms with Gasteiger partial charge in [0.05, 0.1) is 17.8 Å². The molecule has 0 unspecified atom stereocenters. The van der Waals surface area contributed by atoms with Crippen molar-refractivity contribution in [2.75, 3.05) is 5.43 Å². The maximum Gasteiger partial charge on any atom is 0.364 e. The molecule has 10 heteroatoms. The van der Waals surface area contributed by atoms with Gasteiger partial charge in [-0.1, -0.05) is 0 Å². The Morgan fingerprint density at radius 3 is 2.90 bits per heavy atom. The van der Waals surface area contributed by atoms with Crippen molar-refractivity contribution < 1.29 is 9.72 Å². The molecule has 2 rings (SSSR count). The molecule has 5 N–H and O–H groups in total. The molecule has 0 aromatic carbocycles. The molecule has 20 heavy (non-hydrogen) atoms. The average Bonchev–Trinajstić information content (AvgIpc) is 2.97. The fourth-order valence-corrected chi connectivity index (χ4v) is 1.50. The van der Waals surface area contributed by atoms with Crippen LogP contribution in [0, 0.1) is 10.1 Å². The minimum absolute atomic E-state index is 0.0395. The molecule has 1 amide bonds. The summed E-state index contributed by atoms with van der Waals surface area (Å²) in [5.41, 5.74) is 3.27. The molecule has 0 spiro atoms. The second-order valence-corrected chi connectivity index (χ2v) is 3.78. The van der Waals surface area contributed by atoms with E-state index in [-0.39, 0.29) is 17.8 Å². The Hall–Kier alpha value is -3.01. The third-order valence-electron chi connectivity index (χ3n) is 2.48. The number of nitrogens with zero attached hydrogens (tertiary/aromatic N) is 3. The number of aromatic amines is 1. The lowest BCUT2D eigenvalue weighted by atomic mass is 10.2.